The van der Waals surface area contributed by atoms with Crippen molar-refractivity contribution >= 4 is 11.3 Å². The lowest BCUT2D eigenvalue weighted by Crippen LogP contribution is -2.37. The van der Waals surface area contributed by atoms with E-state index in [-0.39, 0.29) is 0 Å². The van der Waals surface area contributed by atoms with E-state index in [2.05, 4.69) is 41.8 Å². The molecule has 1 atom stereocenters. The monoisotopic (exact) mass is 227 g/mol. The third kappa shape index (κ3) is 5.87. The molecule has 0 aliphatic rings. The molecule has 0 bridgehead atoms. The normalized spacial score (nSPS) is 13.3. The van der Waals surface area contributed by atoms with E-state index < -0.39 is 0 Å². The number of hydrogen-bond acceptors (Lipinski definition) is 4. The van der Waals surface area contributed by atoms with Gasteiger partial charge in [-0.2, -0.15) is 0 Å². The fourth-order valence-electron chi connectivity index (χ4n) is 1.26. The Hall–Kier alpha value is -0.450. The SMILES string of the molecule is CC(C)CNCC(C)NCc1cscn1. The summed E-state index contributed by atoms with van der Waals surface area (Å²) < 4.78 is 0. The lowest BCUT2D eigenvalue weighted by Gasteiger charge is -2.14. The Labute approximate surface area is 96.3 Å². The molecule has 0 radical (unpaired) electrons. The average molecular weight is 227 g/mol. The molecule has 1 unspecified atom stereocenters. The van der Waals surface area contributed by atoms with Gasteiger partial charge in [0, 0.05) is 24.5 Å². The molecule has 1 aromatic heterocycles. The summed E-state index contributed by atoms with van der Waals surface area (Å²) in [4.78, 5) is 4.23. The zero-order valence-corrected chi connectivity index (χ0v) is 10.6. The fraction of sp³-hybridized carbons (Fsp3) is 0.727. The topological polar surface area (TPSA) is 37.0 Å². The van der Waals surface area contributed by atoms with Gasteiger partial charge in [-0.1, -0.05) is 13.8 Å². The van der Waals surface area contributed by atoms with Crippen LogP contribution in [0.25, 0.3) is 0 Å². The first-order valence-electron chi connectivity index (χ1n) is 5.49. The first-order valence-corrected chi connectivity index (χ1v) is 6.44. The molecule has 15 heavy (non-hydrogen) atoms. The fourth-order valence-corrected chi connectivity index (χ4v) is 1.82. The summed E-state index contributed by atoms with van der Waals surface area (Å²) in [5.41, 5.74) is 3.01. The van der Waals surface area contributed by atoms with Gasteiger partial charge in [0.25, 0.3) is 0 Å². The van der Waals surface area contributed by atoms with Gasteiger partial charge in [-0.05, 0) is 19.4 Å². The van der Waals surface area contributed by atoms with Crippen LogP contribution in [-0.4, -0.2) is 24.1 Å². The lowest BCUT2D eigenvalue weighted by molar-refractivity contribution is 0.470. The zero-order valence-electron chi connectivity index (χ0n) is 9.79. The second kappa shape index (κ2) is 6.93. The van der Waals surface area contributed by atoms with Crippen LogP contribution >= 0.6 is 11.3 Å². The van der Waals surface area contributed by atoms with Crippen molar-refractivity contribution < 1.29 is 0 Å². The van der Waals surface area contributed by atoms with Gasteiger partial charge in [0.2, 0.25) is 0 Å². The number of rotatable bonds is 7. The zero-order chi connectivity index (χ0) is 11.1. The molecule has 1 rings (SSSR count). The Bertz CT molecular complexity index is 246. The van der Waals surface area contributed by atoms with Crippen LogP contribution in [0.15, 0.2) is 10.9 Å². The average Bonchev–Trinajstić information content (AvgIpc) is 2.66. The summed E-state index contributed by atoms with van der Waals surface area (Å²) >= 11 is 1.65. The Morgan fingerprint density at radius 3 is 2.73 bits per heavy atom. The van der Waals surface area contributed by atoms with Crippen molar-refractivity contribution in [2.45, 2.75) is 33.4 Å². The van der Waals surface area contributed by atoms with Gasteiger partial charge < -0.3 is 10.6 Å². The summed E-state index contributed by atoms with van der Waals surface area (Å²) in [6.45, 7) is 9.61. The molecular formula is C11H21N3S. The molecule has 0 aliphatic carbocycles. The third-order valence-electron chi connectivity index (χ3n) is 2.12. The molecule has 0 aromatic carbocycles. The molecule has 0 saturated carbocycles. The maximum atomic E-state index is 4.23. The molecule has 1 aromatic rings. The van der Waals surface area contributed by atoms with Crippen molar-refractivity contribution in [3.63, 3.8) is 0 Å². The summed E-state index contributed by atoms with van der Waals surface area (Å²) in [6, 6.07) is 0.491. The molecule has 0 fully saturated rings. The van der Waals surface area contributed by atoms with Gasteiger partial charge in [0.15, 0.2) is 0 Å². The van der Waals surface area contributed by atoms with Crippen molar-refractivity contribution in [2.75, 3.05) is 13.1 Å². The smallest absolute Gasteiger partial charge is 0.0795 e. The van der Waals surface area contributed by atoms with Gasteiger partial charge in [-0.15, -0.1) is 11.3 Å². The Balaban J connectivity index is 2.06. The second-order valence-corrected chi connectivity index (χ2v) is 5.03. The van der Waals surface area contributed by atoms with Crippen LogP contribution in [0.5, 0.6) is 0 Å². The maximum Gasteiger partial charge on any atom is 0.0795 e. The predicted molar refractivity (Wildman–Crippen MR) is 66.1 cm³/mol. The van der Waals surface area contributed by atoms with E-state index in [1.807, 2.05) is 5.51 Å². The number of aromatic nitrogens is 1. The first kappa shape index (κ1) is 12.6. The van der Waals surface area contributed by atoms with Gasteiger partial charge >= 0.3 is 0 Å². The molecule has 0 amide bonds. The van der Waals surface area contributed by atoms with E-state index in [1.165, 1.54) is 0 Å². The Morgan fingerprint density at radius 1 is 1.33 bits per heavy atom. The molecular weight excluding hydrogens is 206 g/mol. The van der Waals surface area contributed by atoms with Crippen LogP contribution in [0.4, 0.5) is 0 Å². The molecule has 0 aliphatic heterocycles. The number of thiazole rings is 1. The second-order valence-electron chi connectivity index (χ2n) is 4.31. The van der Waals surface area contributed by atoms with Crippen molar-refractivity contribution in [3.8, 4) is 0 Å². The third-order valence-corrected chi connectivity index (χ3v) is 2.75. The van der Waals surface area contributed by atoms with Crippen LogP contribution < -0.4 is 10.6 Å². The lowest BCUT2D eigenvalue weighted by atomic mass is 10.2. The van der Waals surface area contributed by atoms with Gasteiger partial charge in [-0.3, -0.25) is 0 Å². The highest BCUT2D eigenvalue weighted by atomic mass is 32.1. The predicted octanol–water partition coefficient (Wildman–Crippen LogP) is 1.87. The van der Waals surface area contributed by atoms with Crippen molar-refractivity contribution in [1.29, 1.82) is 0 Å². The number of nitrogens with zero attached hydrogens (tertiary/aromatic N) is 1. The number of hydrogen-bond donors (Lipinski definition) is 2. The summed E-state index contributed by atoms with van der Waals surface area (Å²) in [7, 11) is 0. The van der Waals surface area contributed by atoms with Crippen LogP contribution in [0, 0.1) is 5.92 Å². The highest BCUT2D eigenvalue weighted by molar-refractivity contribution is 7.07. The first-order chi connectivity index (χ1) is 7.18. The van der Waals surface area contributed by atoms with E-state index in [0.717, 1.165) is 31.2 Å². The van der Waals surface area contributed by atoms with Crippen LogP contribution in [-0.2, 0) is 6.54 Å². The Kier molecular flexibility index (Phi) is 5.83. The van der Waals surface area contributed by atoms with Crippen LogP contribution in [0.2, 0.25) is 0 Å². The van der Waals surface area contributed by atoms with Crippen LogP contribution in [0.3, 0.4) is 0 Å². The Morgan fingerprint density at radius 2 is 2.13 bits per heavy atom. The van der Waals surface area contributed by atoms with E-state index in [1.54, 1.807) is 11.3 Å². The summed E-state index contributed by atoms with van der Waals surface area (Å²) in [5.74, 6) is 0.718. The number of nitrogens with one attached hydrogen (secondary N) is 2. The van der Waals surface area contributed by atoms with E-state index in [0.29, 0.717) is 6.04 Å². The molecule has 0 spiro atoms. The highest BCUT2D eigenvalue weighted by Crippen LogP contribution is 2.00. The summed E-state index contributed by atoms with van der Waals surface area (Å²) in [6.07, 6.45) is 0. The highest BCUT2D eigenvalue weighted by Gasteiger charge is 2.02. The van der Waals surface area contributed by atoms with Crippen molar-refractivity contribution in [1.82, 2.24) is 15.6 Å². The van der Waals surface area contributed by atoms with Crippen molar-refractivity contribution in [3.05, 3.63) is 16.6 Å². The molecule has 1 heterocycles. The largest absolute Gasteiger partial charge is 0.315 e. The molecule has 86 valence electrons. The van der Waals surface area contributed by atoms with Gasteiger partial charge in [0.1, 0.15) is 0 Å². The van der Waals surface area contributed by atoms with E-state index in [9.17, 15) is 0 Å². The molecule has 2 N–H and O–H groups in total. The standard InChI is InChI=1S/C11H21N3S/c1-9(2)4-12-5-10(3)13-6-11-7-15-8-14-11/h7-10,12-13H,4-6H2,1-3H3. The van der Waals surface area contributed by atoms with Gasteiger partial charge in [-0.25, -0.2) is 4.98 Å². The quantitative estimate of drug-likeness (QED) is 0.746. The van der Waals surface area contributed by atoms with E-state index >= 15 is 0 Å². The van der Waals surface area contributed by atoms with Crippen LogP contribution in [0.1, 0.15) is 26.5 Å². The minimum absolute atomic E-state index is 0.491. The molecule has 3 nitrogen and oxygen atoms in total. The minimum Gasteiger partial charge on any atom is -0.315 e. The molecule has 0 saturated heterocycles. The van der Waals surface area contributed by atoms with E-state index in [4.69, 9.17) is 0 Å². The van der Waals surface area contributed by atoms with Crippen molar-refractivity contribution in [2.24, 2.45) is 5.92 Å². The maximum absolute atomic E-state index is 4.23. The summed E-state index contributed by atoms with van der Waals surface area (Å²) in [5, 5.41) is 8.96. The minimum atomic E-state index is 0.491. The van der Waals surface area contributed by atoms with Gasteiger partial charge in [0.05, 0.1) is 11.2 Å². The molecule has 4 heteroatoms.